The van der Waals surface area contributed by atoms with Crippen LogP contribution in [0.2, 0.25) is 0 Å². The Bertz CT molecular complexity index is 400. The number of ether oxygens (including phenoxy) is 1. The molecule has 0 bridgehead atoms. The fraction of sp³-hybridized carbons (Fsp3) is 0.533. The summed E-state index contributed by atoms with van der Waals surface area (Å²) in [5, 5.41) is 9.15. The Kier molecular flexibility index (Phi) is 5.03. The maximum Gasteiger partial charge on any atom is 0.137 e. The minimum Gasteiger partial charge on any atom is -0.490 e. The third-order valence-electron chi connectivity index (χ3n) is 2.94. The van der Waals surface area contributed by atoms with E-state index in [-0.39, 0.29) is 6.10 Å². The van der Waals surface area contributed by atoms with Crippen LogP contribution in [-0.2, 0) is 0 Å². The predicted molar refractivity (Wildman–Crippen MR) is 70.2 cm³/mol. The maximum absolute atomic E-state index is 9.15. The third kappa shape index (κ3) is 3.49. The highest BCUT2D eigenvalue weighted by molar-refractivity contribution is 5.46. The molecule has 0 aliphatic carbocycles. The average Bonchev–Trinajstić information content (AvgIpc) is 2.31. The van der Waals surface area contributed by atoms with Gasteiger partial charge in [-0.2, -0.15) is 5.26 Å². The summed E-state index contributed by atoms with van der Waals surface area (Å²) in [6.07, 6.45) is 2.30. The zero-order valence-corrected chi connectivity index (χ0v) is 11.2. The Morgan fingerprint density at radius 2 is 1.88 bits per heavy atom. The van der Waals surface area contributed by atoms with Gasteiger partial charge in [-0.05, 0) is 50.3 Å². The summed E-state index contributed by atoms with van der Waals surface area (Å²) in [6, 6.07) is 8.19. The quantitative estimate of drug-likeness (QED) is 0.759. The Labute approximate surface area is 104 Å². The predicted octanol–water partition coefficient (Wildman–Crippen LogP) is 4.25. The number of hydrogen-bond donors (Lipinski definition) is 0. The van der Waals surface area contributed by atoms with Crippen LogP contribution in [0.1, 0.15) is 57.6 Å². The van der Waals surface area contributed by atoms with E-state index in [0.717, 1.165) is 12.8 Å². The van der Waals surface area contributed by atoms with Crippen molar-refractivity contribution in [3.05, 3.63) is 29.3 Å². The van der Waals surface area contributed by atoms with Crippen LogP contribution in [0.5, 0.6) is 5.75 Å². The standard InChI is InChI=1S/C15H21NO/c1-5-12(6-2)13-7-8-15(17-11(3)4)14(9-13)10-16/h7-9,11-12H,5-6H2,1-4H3. The van der Waals surface area contributed by atoms with Crippen LogP contribution < -0.4 is 4.74 Å². The third-order valence-corrected chi connectivity index (χ3v) is 2.94. The van der Waals surface area contributed by atoms with E-state index in [4.69, 9.17) is 10.00 Å². The molecule has 2 heteroatoms. The number of hydrogen-bond acceptors (Lipinski definition) is 2. The average molecular weight is 231 g/mol. The van der Waals surface area contributed by atoms with Gasteiger partial charge in [-0.15, -0.1) is 0 Å². The Hall–Kier alpha value is -1.49. The molecule has 0 saturated carbocycles. The van der Waals surface area contributed by atoms with Crippen molar-refractivity contribution in [2.24, 2.45) is 0 Å². The Morgan fingerprint density at radius 1 is 1.24 bits per heavy atom. The van der Waals surface area contributed by atoms with E-state index in [0.29, 0.717) is 17.2 Å². The van der Waals surface area contributed by atoms with E-state index in [2.05, 4.69) is 26.0 Å². The van der Waals surface area contributed by atoms with Crippen LogP contribution in [-0.4, -0.2) is 6.10 Å². The first-order valence-corrected chi connectivity index (χ1v) is 6.33. The highest BCUT2D eigenvalue weighted by Crippen LogP contribution is 2.28. The molecule has 1 rings (SSSR count). The van der Waals surface area contributed by atoms with Gasteiger partial charge in [0.2, 0.25) is 0 Å². The Morgan fingerprint density at radius 3 is 2.35 bits per heavy atom. The van der Waals surface area contributed by atoms with E-state index in [9.17, 15) is 0 Å². The van der Waals surface area contributed by atoms with E-state index in [1.165, 1.54) is 5.56 Å². The monoisotopic (exact) mass is 231 g/mol. The van der Waals surface area contributed by atoms with E-state index in [1.54, 1.807) is 0 Å². The lowest BCUT2D eigenvalue weighted by Gasteiger charge is -2.16. The topological polar surface area (TPSA) is 33.0 Å². The molecule has 0 spiro atoms. The molecular weight excluding hydrogens is 210 g/mol. The van der Waals surface area contributed by atoms with Crippen molar-refractivity contribution < 1.29 is 4.74 Å². The molecule has 0 amide bonds. The number of nitriles is 1. The highest BCUT2D eigenvalue weighted by Gasteiger charge is 2.11. The normalized spacial score (nSPS) is 10.6. The SMILES string of the molecule is CCC(CC)c1ccc(OC(C)C)c(C#N)c1. The molecule has 0 atom stereocenters. The first-order valence-electron chi connectivity index (χ1n) is 6.33. The number of rotatable bonds is 5. The summed E-state index contributed by atoms with van der Waals surface area (Å²) in [4.78, 5) is 0. The van der Waals surface area contributed by atoms with Crippen molar-refractivity contribution in [2.75, 3.05) is 0 Å². The van der Waals surface area contributed by atoms with Crippen molar-refractivity contribution in [3.8, 4) is 11.8 Å². The molecule has 92 valence electrons. The first-order chi connectivity index (χ1) is 8.12. The molecule has 1 aromatic carbocycles. The lowest BCUT2D eigenvalue weighted by Crippen LogP contribution is -2.07. The van der Waals surface area contributed by atoms with Gasteiger partial charge in [0.1, 0.15) is 11.8 Å². The van der Waals surface area contributed by atoms with Gasteiger partial charge in [0.25, 0.3) is 0 Å². The summed E-state index contributed by atoms with van der Waals surface area (Å²) in [7, 11) is 0. The van der Waals surface area contributed by atoms with E-state index >= 15 is 0 Å². The molecule has 0 unspecified atom stereocenters. The van der Waals surface area contributed by atoms with Crippen molar-refractivity contribution in [2.45, 2.75) is 52.6 Å². The minimum atomic E-state index is 0.0982. The van der Waals surface area contributed by atoms with Crippen molar-refractivity contribution >= 4 is 0 Å². The van der Waals surface area contributed by atoms with E-state index < -0.39 is 0 Å². The molecule has 0 aliphatic rings. The molecule has 0 aromatic heterocycles. The van der Waals surface area contributed by atoms with Crippen molar-refractivity contribution in [1.82, 2.24) is 0 Å². The van der Waals surface area contributed by atoms with Gasteiger partial charge in [0, 0.05) is 0 Å². The molecule has 0 heterocycles. The van der Waals surface area contributed by atoms with Gasteiger partial charge in [0.05, 0.1) is 11.7 Å². The fourth-order valence-electron chi connectivity index (χ4n) is 2.01. The second-order valence-electron chi connectivity index (χ2n) is 4.55. The maximum atomic E-state index is 9.15. The molecule has 0 fully saturated rings. The number of benzene rings is 1. The largest absolute Gasteiger partial charge is 0.490 e. The van der Waals surface area contributed by atoms with Crippen LogP contribution >= 0.6 is 0 Å². The van der Waals surface area contributed by atoms with Crippen LogP contribution in [0.15, 0.2) is 18.2 Å². The summed E-state index contributed by atoms with van der Waals surface area (Å²) in [5.41, 5.74) is 1.88. The van der Waals surface area contributed by atoms with Crippen molar-refractivity contribution in [3.63, 3.8) is 0 Å². The summed E-state index contributed by atoms with van der Waals surface area (Å²) in [6.45, 7) is 8.30. The van der Waals surface area contributed by atoms with Crippen LogP contribution in [0.3, 0.4) is 0 Å². The summed E-state index contributed by atoms with van der Waals surface area (Å²) in [5.74, 6) is 1.23. The summed E-state index contributed by atoms with van der Waals surface area (Å²) < 4.78 is 5.62. The van der Waals surface area contributed by atoms with Gasteiger partial charge in [-0.25, -0.2) is 0 Å². The zero-order valence-electron chi connectivity index (χ0n) is 11.2. The van der Waals surface area contributed by atoms with Crippen molar-refractivity contribution in [1.29, 1.82) is 5.26 Å². The fourth-order valence-corrected chi connectivity index (χ4v) is 2.01. The smallest absolute Gasteiger partial charge is 0.137 e. The van der Waals surface area contributed by atoms with Crippen LogP contribution in [0, 0.1) is 11.3 Å². The van der Waals surface area contributed by atoms with Gasteiger partial charge < -0.3 is 4.74 Å². The molecule has 2 nitrogen and oxygen atoms in total. The second kappa shape index (κ2) is 6.30. The first kappa shape index (κ1) is 13.6. The lowest BCUT2D eigenvalue weighted by atomic mass is 9.92. The minimum absolute atomic E-state index is 0.0982. The van der Waals surface area contributed by atoms with E-state index in [1.807, 2.05) is 26.0 Å². The van der Waals surface area contributed by atoms with Gasteiger partial charge in [0.15, 0.2) is 0 Å². The molecule has 17 heavy (non-hydrogen) atoms. The molecule has 0 N–H and O–H groups in total. The van der Waals surface area contributed by atoms with Crippen LogP contribution in [0.25, 0.3) is 0 Å². The van der Waals surface area contributed by atoms with Gasteiger partial charge in [-0.1, -0.05) is 19.9 Å². The van der Waals surface area contributed by atoms with Gasteiger partial charge >= 0.3 is 0 Å². The number of nitrogens with zero attached hydrogens (tertiary/aromatic N) is 1. The molecule has 0 radical (unpaired) electrons. The Balaban J connectivity index is 3.04. The summed E-state index contributed by atoms with van der Waals surface area (Å²) >= 11 is 0. The highest BCUT2D eigenvalue weighted by atomic mass is 16.5. The lowest BCUT2D eigenvalue weighted by molar-refractivity contribution is 0.241. The molecular formula is C15H21NO. The second-order valence-corrected chi connectivity index (χ2v) is 4.55. The zero-order chi connectivity index (χ0) is 12.8. The molecule has 1 aromatic rings. The van der Waals surface area contributed by atoms with Crippen LogP contribution in [0.4, 0.5) is 0 Å². The molecule has 0 saturated heterocycles. The molecule has 0 aliphatic heterocycles. The van der Waals surface area contributed by atoms with Gasteiger partial charge in [-0.3, -0.25) is 0 Å².